The van der Waals surface area contributed by atoms with Gasteiger partial charge in [-0.25, -0.2) is 0 Å². The molecule has 0 radical (unpaired) electrons. The van der Waals surface area contributed by atoms with Crippen LogP contribution in [-0.4, -0.2) is 18.5 Å². The Morgan fingerprint density at radius 1 is 1.33 bits per heavy atom. The molecule has 0 bridgehead atoms. The van der Waals surface area contributed by atoms with E-state index in [1.807, 2.05) is 31.2 Å². The monoisotopic (exact) mass is 246 g/mol. The number of carbonyl (C=O) groups is 1. The predicted molar refractivity (Wildman–Crippen MR) is 72.8 cm³/mol. The van der Waals surface area contributed by atoms with E-state index in [0.717, 1.165) is 24.0 Å². The highest BCUT2D eigenvalue weighted by Gasteiger charge is 2.30. The van der Waals surface area contributed by atoms with Crippen LogP contribution in [0.3, 0.4) is 0 Å². The van der Waals surface area contributed by atoms with Gasteiger partial charge in [0.25, 0.3) is 0 Å². The molecule has 2 nitrogen and oxygen atoms in total. The second kappa shape index (κ2) is 5.66. The quantitative estimate of drug-likeness (QED) is 0.761. The van der Waals surface area contributed by atoms with E-state index in [1.165, 1.54) is 0 Å². The first-order valence-corrected chi connectivity index (χ1v) is 6.81. The number of ketones is 1. The van der Waals surface area contributed by atoms with E-state index in [4.69, 9.17) is 4.74 Å². The molecule has 0 saturated carbocycles. The molecule has 1 aromatic rings. The topological polar surface area (TPSA) is 26.3 Å². The van der Waals surface area contributed by atoms with Gasteiger partial charge in [0.15, 0.2) is 5.78 Å². The smallest absolute Gasteiger partial charge is 0.166 e. The molecule has 1 aliphatic heterocycles. The van der Waals surface area contributed by atoms with Gasteiger partial charge in [-0.15, -0.1) is 0 Å². The lowest BCUT2D eigenvalue weighted by molar-refractivity contribution is -0.0291. The van der Waals surface area contributed by atoms with Crippen molar-refractivity contribution in [3.8, 4) is 0 Å². The van der Waals surface area contributed by atoms with Gasteiger partial charge in [-0.1, -0.05) is 38.1 Å². The van der Waals surface area contributed by atoms with E-state index in [9.17, 15) is 4.79 Å². The summed E-state index contributed by atoms with van der Waals surface area (Å²) in [7, 11) is 0. The minimum Gasteiger partial charge on any atom is -0.378 e. The summed E-state index contributed by atoms with van der Waals surface area (Å²) < 4.78 is 5.73. The van der Waals surface area contributed by atoms with Crippen molar-refractivity contribution >= 4 is 5.78 Å². The Bertz CT molecular complexity index is 423. The molecular formula is C16H22O2. The summed E-state index contributed by atoms with van der Waals surface area (Å²) in [6, 6.07) is 7.87. The summed E-state index contributed by atoms with van der Waals surface area (Å²) in [5, 5.41) is 0. The van der Waals surface area contributed by atoms with Crippen LogP contribution in [0.15, 0.2) is 24.3 Å². The van der Waals surface area contributed by atoms with Crippen molar-refractivity contribution < 1.29 is 9.53 Å². The number of rotatable bonds is 3. The fourth-order valence-electron chi connectivity index (χ4n) is 2.60. The van der Waals surface area contributed by atoms with Crippen molar-refractivity contribution in [2.75, 3.05) is 6.61 Å². The number of carbonyl (C=O) groups excluding carboxylic acids is 1. The number of hydrogen-bond donors (Lipinski definition) is 0. The molecule has 2 rings (SSSR count). The summed E-state index contributed by atoms with van der Waals surface area (Å²) in [6.45, 7) is 7.04. The Labute approximate surface area is 109 Å². The summed E-state index contributed by atoms with van der Waals surface area (Å²) in [5.74, 6) is 0.909. The van der Waals surface area contributed by atoms with E-state index >= 15 is 0 Å². The van der Waals surface area contributed by atoms with Crippen molar-refractivity contribution in [3.05, 3.63) is 35.4 Å². The minimum absolute atomic E-state index is 0.132. The van der Waals surface area contributed by atoms with E-state index in [2.05, 4.69) is 13.8 Å². The van der Waals surface area contributed by atoms with Gasteiger partial charge in [-0.3, -0.25) is 4.79 Å². The fourth-order valence-corrected chi connectivity index (χ4v) is 2.60. The van der Waals surface area contributed by atoms with Crippen LogP contribution in [0.2, 0.25) is 0 Å². The van der Waals surface area contributed by atoms with Crippen molar-refractivity contribution in [1.29, 1.82) is 0 Å². The fraction of sp³-hybridized carbons (Fsp3) is 0.562. The average molecular weight is 246 g/mol. The van der Waals surface area contributed by atoms with Crippen molar-refractivity contribution in [3.63, 3.8) is 0 Å². The number of Topliss-reactive ketones (excluding diaryl/α,β-unsaturated/α-hetero) is 1. The average Bonchev–Trinajstić information content (AvgIpc) is 2.38. The molecule has 0 spiro atoms. The van der Waals surface area contributed by atoms with E-state index in [-0.39, 0.29) is 12.0 Å². The first kappa shape index (κ1) is 13.3. The maximum absolute atomic E-state index is 12.5. The second-order valence-corrected chi connectivity index (χ2v) is 5.55. The van der Waals surface area contributed by atoms with E-state index in [1.54, 1.807) is 0 Å². The van der Waals surface area contributed by atoms with Gasteiger partial charge in [0.1, 0.15) is 0 Å². The molecule has 0 aromatic heterocycles. The molecule has 2 heteroatoms. The molecular weight excluding hydrogens is 224 g/mol. The molecule has 0 N–H and O–H groups in total. The van der Waals surface area contributed by atoms with E-state index in [0.29, 0.717) is 18.3 Å². The number of hydrogen-bond acceptors (Lipinski definition) is 2. The lowest BCUT2D eigenvalue weighted by Gasteiger charge is -2.31. The van der Waals surface area contributed by atoms with Crippen molar-refractivity contribution in [2.45, 2.75) is 39.7 Å². The normalized spacial score (nSPS) is 24.2. The van der Waals surface area contributed by atoms with Gasteiger partial charge in [-0.2, -0.15) is 0 Å². The van der Waals surface area contributed by atoms with Crippen LogP contribution in [0, 0.1) is 18.8 Å². The number of ether oxygens (including phenoxy) is 1. The first-order valence-electron chi connectivity index (χ1n) is 6.81. The highest BCUT2D eigenvalue weighted by atomic mass is 16.5. The molecule has 2 atom stereocenters. The minimum atomic E-state index is 0.132. The summed E-state index contributed by atoms with van der Waals surface area (Å²) >= 11 is 0. The first-order chi connectivity index (χ1) is 8.59. The third-order valence-electron chi connectivity index (χ3n) is 3.84. The maximum Gasteiger partial charge on any atom is 0.166 e. The Kier molecular flexibility index (Phi) is 4.18. The van der Waals surface area contributed by atoms with Gasteiger partial charge in [0, 0.05) is 18.1 Å². The third-order valence-corrected chi connectivity index (χ3v) is 3.84. The SMILES string of the molecule is Cc1ccccc1C(=O)[C@H]1CCO[C@H](C(C)C)C1. The summed E-state index contributed by atoms with van der Waals surface area (Å²) in [6.07, 6.45) is 1.96. The Hall–Kier alpha value is -1.15. The summed E-state index contributed by atoms with van der Waals surface area (Å²) in [4.78, 5) is 12.5. The molecule has 1 aromatic carbocycles. The van der Waals surface area contributed by atoms with Crippen LogP contribution < -0.4 is 0 Å². The number of benzene rings is 1. The van der Waals surface area contributed by atoms with Crippen molar-refractivity contribution in [2.24, 2.45) is 11.8 Å². The van der Waals surface area contributed by atoms with Gasteiger partial charge in [0.05, 0.1) is 6.10 Å². The summed E-state index contributed by atoms with van der Waals surface area (Å²) in [5.41, 5.74) is 1.96. The largest absolute Gasteiger partial charge is 0.378 e. The third kappa shape index (κ3) is 2.81. The molecule has 1 heterocycles. The zero-order valence-electron chi connectivity index (χ0n) is 11.5. The molecule has 1 fully saturated rings. The van der Waals surface area contributed by atoms with Crippen LogP contribution in [0.4, 0.5) is 0 Å². The van der Waals surface area contributed by atoms with Crippen LogP contribution in [-0.2, 0) is 4.74 Å². The molecule has 1 saturated heterocycles. The van der Waals surface area contributed by atoms with Gasteiger partial charge in [-0.05, 0) is 31.2 Å². The van der Waals surface area contributed by atoms with Crippen LogP contribution in [0.1, 0.15) is 42.6 Å². The van der Waals surface area contributed by atoms with Crippen molar-refractivity contribution in [1.82, 2.24) is 0 Å². The zero-order chi connectivity index (χ0) is 13.1. The van der Waals surface area contributed by atoms with Gasteiger partial charge >= 0.3 is 0 Å². The van der Waals surface area contributed by atoms with Crippen LogP contribution in [0.5, 0.6) is 0 Å². The lowest BCUT2D eigenvalue weighted by atomic mass is 9.84. The van der Waals surface area contributed by atoms with Gasteiger partial charge in [0.2, 0.25) is 0 Å². The molecule has 98 valence electrons. The molecule has 18 heavy (non-hydrogen) atoms. The zero-order valence-corrected chi connectivity index (χ0v) is 11.5. The number of aryl methyl sites for hydroxylation is 1. The lowest BCUT2D eigenvalue weighted by Crippen LogP contribution is -2.33. The van der Waals surface area contributed by atoms with Crippen LogP contribution in [0.25, 0.3) is 0 Å². The molecule has 0 aliphatic carbocycles. The Morgan fingerprint density at radius 3 is 2.72 bits per heavy atom. The highest BCUT2D eigenvalue weighted by Crippen LogP contribution is 2.28. The Morgan fingerprint density at radius 2 is 2.06 bits per heavy atom. The second-order valence-electron chi connectivity index (χ2n) is 5.55. The van der Waals surface area contributed by atoms with Crippen LogP contribution >= 0.6 is 0 Å². The predicted octanol–water partition coefficient (Wildman–Crippen LogP) is 3.63. The molecule has 0 unspecified atom stereocenters. The van der Waals surface area contributed by atoms with E-state index < -0.39 is 0 Å². The Balaban J connectivity index is 2.12. The highest BCUT2D eigenvalue weighted by molar-refractivity contribution is 5.99. The molecule has 0 amide bonds. The van der Waals surface area contributed by atoms with Gasteiger partial charge < -0.3 is 4.74 Å². The molecule has 1 aliphatic rings. The standard InChI is InChI=1S/C16H22O2/c1-11(2)15-10-13(8-9-18-15)16(17)14-7-5-4-6-12(14)3/h4-7,11,13,15H,8-10H2,1-3H3/t13-,15-/m0/s1. The maximum atomic E-state index is 12.5.